The van der Waals surface area contributed by atoms with E-state index in [1.54, 1.807) is 24.0 Å². The van der Waals surface area contributed by atoms with Crippen LogP contribution in [0.2, 0.25) is 0 Å². The van der Waals surface area contributed by atoms with Crippen molar-refractivity contribution in [3.63, 3.8) is 0 Å². The zero-order valence-corrected chi connectivity index (χ0v) is 14.2. The van der Waals surface area contributed by atoms with Crippen LogP contribution in [0.1, 0.15) is 31.5 Å². The van der Waals surface area contributed by atoms with Gasteiger partial charge in [-0.25, -0.2) is 0 Å². The molecule has 0 unspecified atom stereocenters. The molecule has 3 heterocycles. The summed E-state index contributed by atoms with van der Waals surface area (Å²) in [6, 6.07) is 8.90. The number of carbonyl (C=O) groups excluding carboxylic acids is 2. The standard InChI is InChI=1S/C17H14N4O3S/c1-10-15(25-20-19-10)16(22)18-12-5-4-11-6-7-21(13(11)9-12)17(23)14-3-2-8-24-14/h2-5,8-9H,6-7H2,1H3,(H,18,22). The van der Waals surface area contributed by atoms with E-state index in [1.807, 2.05) is 18.2 Å². The molecule has 25 heavy (non-hydrogen) atoms. The average molecular weight is 354 g/mol. The Bertz CT molecular complexity index is 949. The second-order valence-corrected chi connectivity index (χ2v) is 6.42. The second kappa shape index (κ2) is 6.14. The van der Waals surface area contributed by atoms with Crippen molar-refractivity contribution in [1.82, 2.24) is 9.59 Å². The summed E-state index contributed by atoms with van der Waals surface area (Å²) in [5.41, 5.74) is 3.07. The molecule has 1 aliphatic rings. The molecule has 0 radical (unpaired) electrons. The topological polar surface area (TPSA) is 88.3 Å². The monoisotopic (exact) mass is 354 g/mol. The predicted octanol–water partition coefficient (Wildman–Crippen LogP) is 2.89. The van der Waals surface area contributed by atoms with Crippen molar-refractivity contribution >= 4 is 34.7 Å². The van der Waals surface area contributed by atoms with Gasteiger partial charge < -0.3 is 14.6 Å². The lowest BCUT2D eigenvalue weighted by molar-refractivity contribution is 0.0962. The molecule has 1 aromatic carbocycles. The van der Waals surface area contributed by atoms with Crippen molar-refractivity contribution in [3.05, 3.63) is 58.5 Å². The van der Waals surface area contributed by atoms with Crippen LogP contribution in [0.3, 0.4) is 0 Å². The van der Waals surface area contributed by atoms with Crippen molar-refractivity contribution < 1.29 is 14.0 Å². The highest BCUT2D eigenvalue weighted by Gasteiger charge is 2.27. The zero-order chi connectivity index (χ0) is 17.4. The first-order chi connectivity index (χ1) is 12.1. The molecule has 0 saturated heterocycles. The number of carbonyl (C=O) groups is 2. The molecule has 0 fully saturated rings. The first-order valence-corrected chi connectivity index (χ1v) is 8.49. The van der Waals surface area contributed by atoms with Crippen molar-refractivity contribution in [3.8, 4) is 0 Å². The Kier molecular flexibility index (Phi) is 3.81. The molecule has 3 aromatic rings. The van der Waals surface area contributed by atoms with E-state index in [4.69, 9.17) is 4.42 Å². The number of aryl methyl sites for hydroxylation is 1. The fourth-order valence-corrected chi connectivity index (χ4v) is 3.38. The number of benzene rings is 1. The highest BCUT2D eigenvalue weighted by Crippen LogP contribution is 2.32. The SMILES string of the molecule is Cc1nnsc1C(=O)Nc1ccc2c(c1)N(C(=O)c1ccco1)CC2. The van der Waals surface area contributed by atoms with Gasteiger partial charge in [0, 0.05) is 17.9 Å². The van der Waals surface area contributed by atoms with Gasteiger partial charge in [-0.15, -0.1) is 5.10 Å². The van der Waals surface area contributed by atoms with E-state index in [0.29, 0.717) is 28.6 Å². The van der Waals surface area contributed by atoms with Gasteiger partial charge in [-0.1, -0.05) is 10.6 Å². The van der Waals surface area contributed by atoms with E-state index < -0.39 is 0 Å². The number of furan rings is 1. The van der Waals surface area contributed by atoms with Crippen molar-refractivity contribution in [2.75, 3.05) is 16.8 Å². The Hall–Kier alpha value is -3.00. The van der Waals surface area contributed by atoms with Crippen LogP contribution in [0.25, 0.3) is 0 Å². The lowest BCUT2D eigenvalue weighted by atomic mass is 10.1. The van der Waals surface area contributed by atoms with Crippen LogP contribution < -0.4 is 10.2 Å². The Morgan fingerprint density at radius 3 is 2.92 bits per heavy atom. The number of fused-ring (bicyclic) bond motifs is 1. The third-order valence-corrected chi connectivity index (χ3v) is 4.90. The summed E-state index contributed by atoms with van der Waals surface area (Å²) < 4.78 is 8.98. The fraction of sp³-hybridized carbons (Fsp3) is 0.176. The maximum Gasteiger partial charge on any atom is 0.293 e. The molecule has 1 N–H and O–H groups in total. The Balaban J connectivity index is 1.59. The molecule has 1 aliphatic heterocycles. The predicted molar refractivity (Wildman–Crippen MR) is 93.1 cm³/mol. The van der Waals surface area contributed by atoms with E-state index in [1.165, 1.54) is 6.26 Å². The molecular weight excluding hydrogens is 340 g/mol. The maximum absolute atomic E-state index is 12.6. The number of anilines is 2. The first-order valence-electron chi connectivity index (χ1n) is 7.72. The lowest BCUT2D eigenvalue weighted by Gasteiger charge is -2.16. The summed E-state index contributed by atoms with van der Waals surface area (Å²) in [5.74, 6) is -0.141. The summed E-state index contributed by atoms with van der Waals surface area (Å²) >= 11 is 1.06. The van der Waals surface area contributed by atoms with Crippen molar-refractivity contribution in [2.24, 2.45) is 0 Å². The Morgan fingerprint density at radius 2 is 2.20 bits per heavy atom. The van der Waals surface area contributed by atoms with Gasteiger partial charge in [0.05, 0.1) is 12.0 Å². The number of rotatable bonds is 3. The first kappa shape index (κ1) is 15.5. The molecule has 0 bridgehead atoms. The quantitative estimate of drug-likeness (QED) is 0.781. The molecular formula is C17H14N4O3S. The Morgan fingerprint density at radius 1 is 1.32 bits per heavy atom. The summed E-state index contributed by atoms with van der Waals surface area (Å²) in [7, 11) is 0. The molecule has 0 saturated carbocycles. The number of nitrogens with one attached hydrogen (secondary N) is 1. The summed E-state index contributed by atoms with van der Waals surface area (Å²) in [4.78, 5) is 27.0. The van der Waals surface area contributed by atoms with Crippen LogP contribution in [0, 0.1) is 6.92 Å². The minimum atomic E-state index is -0.255. The fourth-order valence-electron chi connectivity index (χ4n) is 2.83. The number of hydrogen-bond acceptors (Lipinski definition) is 6. The highest BCUT2D eigenvalue weighted by atomic mass is 32.1. The van der Waals surface area contributed by atoms with Gasteiger partial charge in [-0.05, 0) is 54.7 Å². The van der Waals surface area contributed by atoms with E-state index >= 15 is 0 Å². The smallest absolute Gasteiger partial charge is 0.293 e. The molecule has 8 heteroatoms. The summed E-state index contributed by atoms with van der Waals surface area (Å²) in [6.07, 6.45) is 2.25. The van der Waals surface area contributed by atoms with E-state index in [0.717, 1.165) is 29.2 Å². The largest absolute Gasteiger partial charge is 0.459 e. The highest BCUT2D eigenvalue weighted by molar-refractivity contribution is 7.08. The van der Waals surface area contributed by atoms with Crippen molar-refractivity contribution in [2.45, 2.75) is 13.3 Å². The van der Waals surface area contributed by atoms with Crippen LogP contribution in [0.15, 0.2) is 41.0 Å². The molecule has 4 rings (SSSR count). The van der Waals surface area contributed by atoms with Gasteiger partial charge in [-0.2, -0.15) is 0 Å². The summed E-state index contributed by atoms with van der Waals surface area (Å²) in [5, 5.41) is 6.68. The molecule has 0 aliphatic carbocycles. The number of aromatic nitrogens is 2. The number of nitrogens with zero attached hydrogens (tertiary/aromatic N) is 3. The average Bonchev–Trinajstić information content (AvgIpc) is 3.34. The van der Waals surface area contributed by atoms with Gasteiger partial charge >= 0.3 is 0 Å². The normalized spacial score (nSPS) is 12.9. The van der Waals surface area contributed by atoms with Crippen LogP contribution in [0.5, 0.6) is 0 Å². The molecule has 2 aromatic heterocycles. The van der Waals surface area contributed by atoms with Crippen molar-refractivity contribution in [1.29, 1.82) is 0 Å². The maximum atomic E-state index is 12.6. The minimum absolute atomic E-state index is 0.185. The third-order valence-electron chi connectivity index (χ3n) is 4.07. The lowest BCUT2D eigenvalue weighted by Crippen LogP contribution is -2.28. The van der Waals surface area contributed by atoms with E-state index in [2.05, 4.69) is 14.9 Å². The van der Waals surface area contributed by atoms with Crippen LogP contribution >= 0.6 is 11.5 Å². The third kappa shape index (κ3) is 2.80. The van der Waals surface area contributed by atoms with Crippen LogP contribution in [0.4, 0.5) is 11.4 Å². The molecule has 7 nitrogen and oxygen atoms in total. The van der Waals surface area contributed by atoms with Gasteiger partial charge in [-0.3, -0.25) is 9.59 Å². The molecule has 126 valence electrons. The van der Waals surface area contributed by atoms with Crippen LogP contribution in [-0.4, -0.2) is 27.9 Å². The summed E-state index contributed by atoms with van der Waals surface area (Å²) in [6.45, 7) is 2.33. The Labute approximate surface area is 147 Å². The van der Waals surface area contributed by atoms with E-state index in [9.17, 15) is 9.59 Å². The minimum Gasteiger partial charge on any atom is -0.459 e. The molecule has 0 spiro atoms. The molecule has 2 amide bonds. The van der Waals surface area contributed by atoms with Gasteiger partial charge in [0.15, 0.2) is 5.76 Å². The number of amides is 2. The molecule has 0 atom stereocenters. The van der Waals surface area contributed by atoms with E-state index in [-0.39, 0.29) is 11.8 Å². The van der Waals surface area contributed by atoms with Gasteiger partial charge in [0.1, 0.15) is 4.88 Å². The number of hydrogen-bond donors (Lipinski definition) is 1. The van der Waals surface area contributed by atoms with Crippen LogP contribution in [-0.2, 0) is 6.42 Å². The van der Waals surface area contributed by atoms with Gasteiger partial charge in [0.25, 0.3) is 11.8 Å². The second-order valence-electron chi connectivity index (χ2n) is 5.67. The zero-order valence-electron chi connectivity index (χ0n) is 13.4. The van der Waals surface area contributed by atoms with Gasteiger partial charge in [0.2, 0.25) is 0 Å².